The molecule has 6 heteroatoms. The minimum atomic E-state index is -1.09. The summed E-state index contributed by atoms with van der Waals surface area (Å²) in [7, 11) is 0. The number of aromatic carboxylic acids is 1. The van der Waals surface area contributed by atoms with E-state index < -0.39 is 5.97 Å². The molecule has 0 heterocycles. The van der Waals surface area contributed by atoms with Gasteiger partial charge in [-0.05, 0) is 60.2 Å². The number of halogens is 1. The van der Waals surface area contributed by atoms with Gasteiger partial charge < -0.3 is 9.84 Å². The number of benzene rings is 3. The number of ether oxygens (including phenoxy) is 1. The van der Waals surface area contributed by atoms with Gasteiger partial charge in [-0.2, -0.15) is 5.10 Å². The molecule has 130 valence electrons. The van der Waals surface area contributed by atoms with Crippen LogP contribution in [0.2, 0.25) is 5.02 Å². The molecule has 0 atom stereocenters. The molecule has 0 aromatic heterocycles. The van der Waals surface area contributed by atoms with Crippen molar-refractivity contribution in [1.29, 1.82) is 0 Å². The maximum atomic E-state index is 11.1. The Balaban J connectivity index is 1.62. The fourth-order valence-corrected chi connectivity index (χ4v) is 2.38. The Labute approximate surface area is 155 Å². The Morgan fingerprint density at radius 3 is 2.38 bits per heavy atom. The van der Waals surface area contributed by atoms with Gasteiger partial charge in [-0.15, -0.1) is 0 Å². The van der Waals surface area contributed by atoms with Gasteiger partial charge in [0.2, 0.25) is 0 Å². The molecule has 0 bridgehead atoms. The summed E-state index contributed by atoms with van der Waals surface area (Å²) in [5, 5.41) is 13.3. The first-order valence-corrected chi connectivity index (χ1v) is 8.14. The fraction of sp³-hybridized carbons (Fsp3) is 0. The van der Waals surface area contributed by atoms with Gasteiger partial charge in [0, 0.05) is 0 Å². The Morgan fingerprint density at radius 1 is 1.00 bits per heavy atom. The number of nitrogens with zero attached hydrogens (tertiary/aromatic N) is 1. The van der Waals surface area contributed by atoms with E-state index in [1.165, 1.54) is 12.1 Å². The van der Waals surface area contributed by atoms with E-state index in [1.54, 1.807) is 12.3 Å². The quantitative estimate of drug-likeness (QED) is 0.460. The van der Waals surface area contributed by atoms with Gasteiger partial charge in [0.15, 0.2) is 0 Å². The van der Waals surface area contributed by atoms with Crippen molar-refractivity contribution >= 4 is 29.5 Å². The van der Waals surface area contributed by atoms with Crippen LogP contribution in [-0.2, 0) is 0 Å². The van der Waals surface area contributed by atoms with Crippen LogP contribution in [0.5, 0.6) is 11.5 Å². The maximum Gasteiger partial charge on any atom is 0.337 e. The molecule has 0 unspecified atom stereocenters. The molecule has 0 saturated heterocycles. The molecular formula is C20H15ClN2O3. The van der Waals surface area contributed by atoms with Gasteiger partial charge in [-0.3, -0.25) is 5.43 Å². The van der Waals surface area contributed by atoms with Crippen molar-refractivity contribution in [2.75, 3.05) is 5.43 Å². The summed E-state index contributed by atoms with van der Waals surface area (Å²) in [5.41, 5.74) is 4.21. The number of anilines is 1. The fourth-order valence-electron chi connectivity index (χ4n) is 2.19. The van der Waals surface area contributed by atoms with Crippen LogP contribution in [0.25, 0.3) is 0 Å². The maximum absolute atomic E-state index is 11.1. The average molecular weight is 367 g/mol. The molecule has 0 aliphatic rings. The third-order valence-corrected chi connectivity index (χ3v) is 3.79. The molecule has 0 amide bonds. The molecule has 26 heavy (non-hydrogen) atoms. The highest BCUT2D eigenvalue weighted by atomic mass is 35.5. The molecule has 0 aliphatic carbocycles. The minimum Gasteiger partial charge on any atom is -0.478 e. The second-order valence-corrected chi connectivity index (χ2v) is 5.76. The lowest BCUT2D eigenvalue weighted by Crippen LogP contribution is -1.99. The second-order valence-electron chi connectivity index (χ2n) is 5.35. The van der Waals surface area contributed by atoms with Crippen LogP contribution >= 0.6 is 11.6 Å². The first kappa shape index (κ1) is 17.5. The molecule has 3 rings (SSSR count). The number of rotatable bonds is 6. The lowest BCUT2D eigenvalue weighted by Gasteiger charge is -2.05. The normalized spacial score (nSPS) is 10.7. The smallest absolute Gasteiger partial charge is 0.337 e. The number of nitrogens with one attached hydrogen (secondary N) is 1. The lowest BCUT2D eigenvalue weighted by atomic mass is 10.2. The first-order chi connectivity index (χ1) is 12.6. The van der Waals surface area contributed by atoms with Crippen LogP contribution in [0.15, 0.2) is 77.9 Å². The number of carboxylic acids is 1. The van der Waals surface area contributed by atoms with E-state index >= 15 is 0 Å². The van der Waals surface area contributed by atoms with Gasteiger partial charge in [-0.1, -0.05) is 29.8 Å². The van der Waals surface area contributed by atoms with E-state index in [9.17, 15) is 4.79 Å². The van der Waals surface area contributed by atoms with Crippen LogP contribution in [0.4, 0.5) is 5.69 Å². The van der Waals surface area contributed by atoms with Crippen LogP contribution in [0.1, 0.15) is 15.9 Å². The zero-order chi connectivity index (χ0) is 18.4. The standard InChI is InChI=1S/C20H15ClN2O3/c21-19-11-8-15(12-18(19)20(24)25)23-22-13-14-6-9-17(10-7-14)26-16-4-2-1-3-5-16/h1-13,23H,(H,24,25)/b22-13-. The summed E-state index contributed by atoms with van der Waals surface area (Å²) in [5.74, 6) is 0.411. The third-order valence-electron chi connectivity index (χ3n) is 3.46. The van der Waals surface area contributed by atoms with Gasteiger partial charge in [0.25, 0.3) is 0 Å². The van der Waals surface area contributed by atoms with Crippen molar-refractivity contribution < 1.29 is 14.6 Å². The van der Waals surface area contributed by atoms with Gasteiger partial charge in [0.1, 0.15) is 11.5 Å². The second kappa shape index (κ2) is 8.18. The highest BCUT2D eigenvalue weighted by molar-refractivity contribution is 6.33. The summed E-state index contributed by atoms with van der Waals surface area (Å²) >= 11 is 5.84. The van der Waals surface area contributed by atoms with Crippen LogP contribution in [0.3, 0.4) is 0 Å². The number of carbonyl (C=O) groups is 1. The van der Waals surface area contributed by atoms with E-state index in [2.05, 4.69) is 10.5 Å². The largest absolute Gasteiger partial charge is 0.478 e. The Bertz CT molecular complexity index is 926. The highest BCUT2D eigenvalue weighted by Gasteiger charge is 2.08. The molecule has 3 aromatic rings. The number of para-hydroxylation sites is 1. The monoisotopic (exact) mass is 366 g/mol. The molecule has 0 saturated carbocycles. The van der Waals surface area contributed by atoms with Crippen LogP contribution in [0, 0.1) is 0 Å². The van der Waals surface area contributed by atoms with Crippen molar-refractivity contribution in [3.05, 3.63) is 88.9 Å². The minimum absolute atomic E-state index is 0.0225. The third kappa shape index (κ3) is 4.62. The molecule has 2 N–H and O–H groups in total. The first-order valence-electron chi connectivity index (χ1n) is 7.77. The van der Waals surface area contributed by atoms with Gasteiger partial charge in [-0.25, -0.2) is 4.79 Å². The average Bonchev–Trinajstić information content (AvgIpc) is 2.65. The van der Waals surface area contributed by atoms with Crippen molar-refractivity contribution in [3.63, 3.8) is 0 Å². The van der Waals surface area contributed by atoms with E-state index in [0.29, 0.717) is 5.69 Å². The number of carboxylic acid groups (broad SMARTS) is 1. The molecule has 0 fully saturated rings. The van der Waals surface area contributed by atoms with Crippen LogP contribution < -0.4 is 10.2 Å². The van der Waals surface area contributed by atoms with E-state index in [4.69, 9.17) is 21.4 Å². The van der Waals surface area contributed by atoms with Crippen molar-refractivity contribution in [2.45, 2.75) is 0 Å². The van der Waals surface area contributed by atoms with Crippen molar-refractivity contribution in [1.82, 2.24) is 0 Å². The molecular weight excluding hydrogens is 352 g/mol. The Kier molecular flexibility index (Phi) is 5.51. The lowest BCUT2D eigenvalue weighted by molar-refractivity contribution is 0.0697. The topological polar surface area (TPSA) is 70.9 Å². The molecule has 0 radical (unpaired) electrons. The van der Waals surface area contributed by atoms with Crippen LogP contribution in [-0.4, -0.2) is 17.3 Å². The van der Waals surface area contributed by atoms with Crippen molar-refractivity contribution in [3.8, 4) is 11.5 Å². The Hall–Kier alpha value is -3.31. The molecule has 0 spiro atoms. The summed E-state index contributed by atoms with van der Waals surface area (Å²) in [6.45, 7) is 0. The van der Waals surface area contributed by atoms with Gasteiger partial charge in [0.05, 0.1) is 22.5 Å². The highest BCUT2D eigenvalue weighted by Crippen LogP contribution is 2.22. The molecule has 5 nitrogen and oxygen atoms in total. The molecule has 3 aromatic carbocycles. The summed E-state index contributed by atoms with van der Waals surface area (Å²) < 4.78 is 5.73. The number of hydrazone groups is 1. The summed E-state index contributed by atoms with van der Waals surface area (Å²) in [6, 6.07) is 21.6. The number of hydrogen-bond acceptors (Lipinski definition) is 4. The molecule has 0 aliphatic heterocycles. The van der Waals surface area contributed by atoms with Crippen molar-refractivity contribution in [2.24, 2.45) is 5.10 Å². The van der Waals surface area contributed by atoms with E-state index in [-0.39, 0.29) is 10.6 Å². The van der Waals surface area contributed by atoms with Gasteiger partial charge >= 0.3 is 5.97 Å². The predicted molar refractivity (Wildman–Crippen MR) is 103 cm³/mol. The number of hydrogen-bond donors (Lipinski definition) is 2. The zero-order valence-electron chi connectivity index (χ0n) is 13.6. The SMILES string of the molecule is O=C(O)c1cc(N/N=C\c2ccc(Oc3ccccc3)cc2)ccc1Cl. The Morgan fingerprint density at radius 2 is 1.69 bits per heavy atom. The summed E-state index contributed by atoms with van der Waals surface area (Å²) in [6.07, 6.45) is 1.63. The predicted octanol–water partition coefficient (Wildman–Crippen LogP) is 5.28. The zero-order valence-corrected chi connectivity index (χ0v) is 14.4. The van der Waals surface area contributed by atoms with E-state index in [0.717, 1.165) is 17.1 Å². The van der Waals surface area contributed by atoms with E-state index in [1.807, 2.05) is 54.6 Å². The summed E-state index contributed by atoms with van der Waals surface area (Å²) in [4.78, 5) is 11.1.